The monoisotopic (exact) mass is 263 g/mol. The van der Waals surface area contributed by atoms with Crippen molar-refractivity contribution in [3.05, 3.63) is 29.8 Å². The van der Waals surface area contributed by atoms with Gasteiger partial charge in [0.2, 0.25) is 0 Å². The van der Waals surface area contributed by atoms with E-state index in [2.05, 4.69) is 24.1 Å². The van der Waals surface area contributed by atoms with Crippen LogP contribution in [0.2, 0.25) is 0 Å². The van der Waals surface area contributed by atoms with Crippen LogP contribution < -0.4 is 4.74 Å². The molecule has 19 heavy (non-hydrogen) atoms. The standard InChI is InChI=1S/C15H21NO3/c1-16-9-8-12(15(17)19-3)10-14(16)11-4-6-13(18-2)7-5-11/h4-7,12,14H,8-10H2,1-3H3. The van der Waals surface area contributed by atoms with Crippen molar-refractivity contribution >= 4 is 5.97 Å². The lowest BCUT2D eigenvalue weighted by atomic mass is 9.87. The maximum atomic E-state index is 11.7. The van der Waals surface area contributed by atoms with Crippen LogP contribution in [0, 0.1) is 5.92 Å². The van der Waals surface area contributed by atoms with Gasteiger partial charge in [-0.2, -0.15) is 0 Å². The molecule has 1 aliphatic heterocycles. The number of methoxy groups -OCH3 is 2. The van der Waals surface area contributed by atoms with E-state index in [9.17, 15) is 4.79 Å². The second-order valence-electron chi connectivity index (χ2n) is 5.01. The molecule has 0 N–H and O–H groups in total. The van der Waals surface area contributed by atoms with Crippen molar-refractivity contribution in [2.75, 3.05) is 27.8 Å². The highest BCUT2D eigenvalue weighted by molar-refractivity contribution is 5.72. The van der Waals surface area contributed by atoms with E-state index < -0.39 is 0 Å². The molecule has 4 heteroatoms. The van der Waals surface area contributed by atoms with Gasteiger partial charge >= 0.3 is 5.97 Å². The molecule has 1 aromatic rings. The molecule has 0 saturated carbocycles. The summed E-state index contributed by atoms with van der Waals surface area (Å²) in [4.78, 5) is 14.0. The lowest BCUT2D eigenvalue weighted by molar-refractivity contribution is -0.147. The van der Waals surface area contributed by atoms with Crippen LogP contribution in [0.4, 0.5) is 0 Å². The molecule has 0 aromatic heterocycles. The number of carbonyl (C=O) groups excluding carboxylic acids is 1. The number of piperidine rings is 1. The van der Waals surface area contributed by atoms with Crippen LogP contribution in [0.15, 0.2) is 24.3 Å². The molecule has 0 bridgehead atoms. The van der Waals surface area contributed by atoms with Crippen LogP contribution in [0.3, 0.4) is 0 Å². The highest BCUT2D eigenvalue weighted by Crippen LogP contribution is 2.34. The Balaban J connectivity index is 2.13. The van der Waals surface area contributed by atoms with Gasteiger partial charge in [0.25, 0.3) is 0 Å². The first kappa shape index (κ1) is 13.9. The number of hydrogen-bond donors (Lipinski definition) is 0. The third-order valence-corrected chi connectivity index (χ3v) is 3.91. The third-order valence-electron chi connectivity index (χ3n) is 3.91. The number of nitrogens with zero attached hydrogens (tertiary/aromatic N) is 1. The molecule has 2 unspecified atom stereocenters. The SMILES string of the molecule is COC(=O)C1CCN(C)C(c2ccc(OC)cc2)C1. The first-order valence-electron chi connectivity index (χ1n) is 6.57. The van der Waals surface area contributed by atoms with Gasteiger partial charge in [0.05, 0.1) is 20.1 Å². The van der Waals surface area contributed by atoms with Gasteiger partial charge in [-0.25, -0.2) is 0 Å². The van der Waals surface area contributed by atoms with Gasteiger partial charge in [-0.05, 0) is 44.1 Å². The zero-order valence-electron chi connectivity index (χ0n) is 11.8. The van der Waals surface area contributed by atoms with Crippen molar-refractivity contribution < 1.29 is 14.3 Å². The minimum atomic E-state index is -0.0911. The van der Waals surface area contributed by atoms with Gasteiger partial charge in [-0.3, -0.25) is 9.69 Å². The number of likely N-dealkylation sites (tertiary alicyclic amines) is 1. The molecule has 1 heterocycles. The predicted molar refractivity (Wildman–Crippen MR) is 73.1 cm³/mol. The number of benzene rings is 1. The van der Waals surface area contributed by atoms with E-state index in [-0.39, 0.29) is 17.9 Å². The molecule has 2 atom stereocenters. The first-order chi connectivity index (χ1) is 9.15. The lowest BCUT2D eigenvalue weighted by Crippen LogP contribution is -2.36. The molecule has 0 amide bonds. The summed E-state index contributed by atoms with van der Waals surface area (Å²) >= 11 is 0. The van der Waals surface area contributed by atoms with E-state index in [0.29, 0.717) is 0 Å². The fraction of sp³-hybridized carbons (Fsp3) is 0.533. The molecule has 1 aromatic carbocycles. The Labute approximate surface area is 114 Å². The third kappa shape index (κ3) is 3.07. The summed E-state index contributed by atoms with van der Waals surface area (Å²) in [7, 11) is 5.22. The van der Waals surface area contributed by atoms with Crippen LogP contribution >= 0.6 is 0 Å². The fourth-order valence-corrected chi connectivity index (χ4v) is 2.68. The maximum absolute atomic E-state index is 11.7. The lowest BCUT2D eigenvalue weighted by Gasteiger charge is -2.36. The van der Waals surface area contributed by atoms with Gasteiger partial charge in [0.1, 0.15) is 5.75 Å². The van der Waals surface area contributed by atoms with E-state index in [1.807, 2.05) is 12.1 Å². The summed E-state index contributed by atoms with van der Waals surface area (Å²) in [6.07, 6.45) is 1.69. The zero-order valence-corrected chi connectivity index (χ0v) is 11.8. The summed E-state index contributed by atoms with van der Waals surface area (Å²) in [5.74, 6) is 0.770. The smallest absolute Gasteiger partial charge is 0.308 e. The van der Waals surface area contributed by atoms with Gasteiger partial charge in [-0.1, -0.05) is 12.1 Å². The molecule has 0 aliphatic carbocycles. The van der Waals surface area contributed by atoms with Gasteiger partial charge in [0.15, 0.2) is 0 Å². The average Bonchev–Trinajstić information content (AvgIpc) is 2.47. The molecule has 1 saturated heterocycles. The quantitative estimate of drug-likeness (QED) is 0.784. The van der Waals surface area contributed by atoms with Crippen molar-refractivity contribution in [1.29, 1.82) is 0 Å². The summed E-state index contributed by atoms with van der Waals surface area (Å²) in [5, 5.41) is 0. The number of rotatable bonds is 3. The first-order valence-corrected chi connectivity index (χ1v) is 6.57. The maximum Gasteiger partial charge on any atom is 0.308 e. The van der Waals surface area contributed by atoms with Gasteiger partial charge in [-0.15, -0.1) is 0 Å². The number of carbonyl (C=O) groups is 1. The largest absolute Gasteiger partial charge is 0.497 e. The Bertz CT molecular complexity index is 430. The van der Waals surface area contributed by atoms with Crippen LogP contribution in [-0.2, 0) is 9.53 Å². The molecule has 1 aliphatic rings. The summed E-state index contributed by atoms with van der Waals surface area (Å²) in [6.45, 7) is 0.913. The summed E-state index contributed by atoms with van der Waals surface area (Å²) in [5.41, 5.74) is 1.22. The van der Waals surface area contributed by atoms with Crippen molar-refractivity contribution in [2.24, 2.45) is 5.92 Å². The van der Waals surface area contributed by atoms with E-state index in [1.165, 1.54) is 12.7 Å². The minimum Gasteiger partial charge on any atom is -0.497 e. The Morgan fingerprint density at radius 2 is 1.95 bits per heavy atom. The Hall–Kier alpha value is -1.55. The average molecular weight is 263 g/mol. The van der Waals surface area contributed by atoms with Gasteiger partial charge in [0, 0.05) is 6.04 Å². The number of ether oxygens (including phenoxy) is 2. The zero-order chi connectivity index (χ0) is 13.8. The van der Waals surface area contributed by atoms with E-state index in [0.717, 1.165) is 25.1 Å². The topological polar surface area (TPSA) is 38.8 Å². The number of esters is 1. The van der Waals surface area contributed by atoms with Crippen LogP contribution in [0.25, 0.3) is 0 Å². The molecular formula is C15H21NO3. The fourth-order valence-electron chi connectivity index (χ4n) is 2.68. The Kier molecular flexibility index (Phi) is 4.43. The van der Waals surface area contributed by atoms with E-state index in [1.54, 1.807) is 7.11 Å². The molecule has 4 nitrogen and oxygen atoms in total. The molecule has 104 valence electrons. The second-order valence-corrected chi connectivity index (χ2v) is 5.01. The summed E-state index contributed by atoms with van der Waals surface area (Å²) < 4.78 is 10.0. The summed E-state index contributed by atoms with van der Waals surface area (Å²) in [6, 6.07) is 8.33. The van der Waals surface area contributed by atoms with E-state index in [4.69, 9.17) is 9.47 Å². The predicted octanol–water partition coefficient (Wildman–Crippen LogP) is 2.25. The van der Waals surface area contributed by atoms with Crippen LogP contribution in [-0.4, -0.2) is 38.7 Å². The second kappa shape index (κ2) is 6.06. The van der Waals surface area contributed by atoms with Crippen molar-refractivity contribution in [3.63, 3.8) is 0 Å². The van der Waals surface area contributed by atoms with Gasteiger partial charge < -0.3 is 9.47 Å². The Morgan fingerprint density at radius 3 is 2.53 bits per heavy atom. The molecule has 0 radical (unpaired) electrons. The van der Waals surface area contributed by atoms with Crippen molar-refractivity contribution in [2.45, 2.75) is 18.9 Å². The van der Waals surface area contributed by atoms with Crippen LogP contribution in [0.5, 0.6) is 5.75 Å². The number of hydrogen-bond acceptors (Lipinski definition) is 4. The van der Waals surface area contributed by atoms with Crippen molar-refractivity contribution in [1.82, 2.24) is 4.90 Å². The molecular weight excluding hydrogens is 242 g/mol. The van der Waals surface area contributed by atoms with Crippen LogP contribution in [0.1, 0.15) is 24.4 Å². The Morgan fingerprint density at radius 1 is 1.26 bits per heavy atom. The normalized spacial score (nSPS) is 23.9. The highest BCUT2D eigenvalue weighted by atomic mass is 16.5. The minimum absolute atomic E-state index is 0.00769. The highest BCUT2D eigenvalue weighted by Gasteiger charge is 2.31. The van der Waals surface area contributed by atoms with E-state index >= 15 is 0 Å². The molecule has 1 fully saturated rings. The van der Waals surface area contributed by atoms with Crippen molar-refractivity contribution in [3.8, 4) is 5.75 Å². The molecule has 0 spiro atoms. The molecule has 2 rings (SSSR count).